The quantitative estimate of drug-likeness (QED) is 0.834. The molecule has 4 N–H and O–H groups in total. The molecular formula is C13H11BrFN5. The third-order valence-corrected chi connectivity index (χ3v) is 3.93. The number of aromatic nitrogens is 2. The van der Waals surface area contributed by atoms with Crippen molar-refractivity contribution in [3.8, 4) is 17.3 Å². The lowest BCUT2D eigenvalue weighted by Gasteiger charge is -2.14. The first kappa shape index (κ1) is 14.2. The van der Waals surface area contributed by atoms with Crippen molar-refractivity contribution in [1.82, 2.24) is 9.97 Å². The van der Waals surface area contributed by atoms with Crippen LogP contribution < -0.4 is 11.5 Å². The van der Waals surface area contributed by atoms with Crippen LogP contribution in [0.5, 0.6) is 0 Å². The van der Waals surface area contributed by atoms with Crippen LogP contribution in [0.1, 0.15) is 16.7 Å². The van der Waals surface area contributed by atoms with Gasteiger partial charge >= 0.3 is 0 Å². The van der Waals surface area contributed by atoms with Crippen molar-refractivity contribution in [3.63, 3.8) is 0 Å². The molecule has 1 aromatic carbocycles. The largest absolute Gasteiger partial charge is 0.382 e. The molecule has 20 heavy (non-hydrogen) atoms. The Bertz CT molecular complexity index is 752. The summed E-state index contributed by atoms with van der Waals surface area (Å²) in [5, 5.41) is 9.22. The Kier molecular flexibility index (Phi) is 3.59. The monoisotopic (exact) mass is 335 g/mol. The number of halogens is 2. The van der Waals surface area contributed by atoms with Crippen molar-refractivity contribution in [2.24, 2.45) is 0 Å². The Morgan fingerprint density at radius 2 is 1.95 bits per heavy atom. The average Bonchev–Trinajstić information content (AvgIpc) is 2.35. The van der Waals surface area contributed by atoms with Gasteiger partial charge in [-0.15, -0.1) is 0 Å². The predicted octanol–water partition coefficient (Wildman–Crippen LogP) is 2.70. The Morgan fingerprint density at radius 3 is 2.55 bits per heavy atom. The Balaban J connectivity index is 2.89. The van der Waals surface area contributed by atoms with E-state index in [4.69, 9.17) is 11.5 Å². The van der Waals surface area contributed by atoms with Crippen LogP contribution in [0.3, 0.4) is 0 Å². The highest BCUT2D eigenvalue weighted by Gasteiger charge is 2.19. The maximum Gasteiger partial charge on any atom is 0.222 e. The van der Waals surface area contributed by atoms with Crippen molar-refractivity contribution in [2.75, 3.05) is 11.5 Å². The molecule has 2 rings (SSSR count). The van der Waals surface area contributed by atoms with Crippen LogP contribution in [0.2, 0.25) is 0 Å². The first-order valence-corrected chi connectivity index (χ1v) is 6.44. The average molecular weight is 336 g/mol. The van der Waals surface area contributed by atoms with Gasteiger partial charge < -0.3 is 11.5 Å². The Labute approximate surface area is 123 Å². The molecule has 0 saturated carbocycles. The number of hydrogen-bond donors (Lipinski definition) is 2. The zero-order valence-electron chi connectivity index (χ0n) is 10.8. The standard InChI is InChI=1S/C13H11BrFN5/c1-5-3-8(15)10(14)6(2)9(5)11-7(4-16)12(17)20-13(18)19-11/h3H,1-2H3,(H4,17,18,19,20). The van der Waals surface area contributed by atoms with E-state index in [0.717, 1.165) is 0 Å². The molecule has 102 valence electrons. The molecule has 2 aromatic rings. The van der Waals surface area contributed by atoms with Crippen molar-refractivity contribution in [3.05, 3.63) is 33.0 Å². The van der Waals surface area contributed by atoms with Crippen molar-refractivity contribution in [1.29, 1.82) is 5.26 Å². The Morgan fingerprint density at radius 1 is 1.30 bits per heavy atom. The van der Waals surface area contributed by atoms with Gasteiger partial charge in [0.1, 0.15) is 23.3 Å². The van der Waals surface area contributed by atoms with Gasteiger partial charge in [0.2, 0.25) is 5.95 Å². The normalized spacial score (nSPS) is 10.3. The minimum atomic E-state index is -0.378. The predicted molar refractivity (Wildman–Crippen MR) is 78.1 cm³/mol. The van der Waals surface area contributed by atoms with Gasteiger partial charge in [0.15, 0.2) is 0 Å². The molecule has 0 aliphatic rings. The number of nitrogen functional groups attached to an aromatic ring is 2. The zero-order valence-corrected chi connectivity index (χ0v) is 12.4. The van der Waals surface area contributed by atoms with E-state index in [1.54, 1.807) is 13.8 Å². The number of nitrogens with two attached hydrogens (primary N) is 2. The number of nitriles is 1. The van der Waals surface area contributed by atoms with E-state index >= 15 is 0 Å². The summed E-state index contributed by atoms with van der Waals surface area (Å²) in [6.07, 6.45) is 0. The van der Waals surface area contributed by atoms with Crippen LogP contribution in [-0.2, 0) is 0 Å². The molecule has 0 unspecified atom stereocenters. The van der Waals surface area contributed by atoms with E-state index in [9.17, 15) is 9.65 Å². The lowest BCUT2D eigenvalue weighted by atomic mass is 9.97. The number of rotatable bonds is 1. The summed E-state index contributed by atoms with van der Waals surface area (Å²) < 4.78 is 14.0. The van der Waals surface area contributed by atoms with Crippen LogP contribution in [0, 0.1) is 31.0 Å². The second-order valence-corrected chi connectivity index (χ2v) is 5.08. The molecule has 0 radical (unpaired) electrons. The molecule has 0 aliphatic carbocycles. The van der Waals surface area contributed by atoms with E-state index in [0.29, 0.717) is 26.9 Å². The first-order chi connectivity index (χ1) is 9.36. The molecule has 0 amide bonds. The molecular weight excluding hydrogens is 325 g/mol. The number of aryl methyl sites for hydroxylation is 1. The smallest absolute Gasteiger partial charge is 0.222 e. The summed E-state index contributed by atoms with van der Waals surface area (Å²) in [6.45, 7) is 3.46. The van der Waals surface area contributed by atoms with Gasteiger partial charge in [-0.1, -0.05) is 0 Å². The molecule has 0 aliphatic heterocycles. The van der Waals surface area contributed by atoms with E-state index in [-0.39, 0.29) is 23.1 Å². The zero-order chi connectivity index (χ0) is 15.0. The fraction of sp³-hybridized carbons (Fsp3) is 0.154. The summed E-state index contributed by atoms with van der Waals surface area (Å²) in [5.74, 6) is -0.401. The van der Waals surface area contributed by atoms with E-state index in [1.807, 2.05) is 6.07 Å². The highest BCUT2D eigenvalue weighted by molar-refractivity contribution is 9.10. The second-order valence-electron chi connectivity index (χ2n) is 4.29. The summed E-state index contributed by atoms with van der Waals surface area (Å²) >= 11 is 3.18. The van der Waals surface area contributed by atoms with Crippen LogP contribution >= 0.6 is 15.9 Å². The van der Waals surface area contributed by atoms with Crippen molar-refractivity contribution >= 4 is 27.7 Å². The molecule has 0 saturated heterocycles. The summed E-state index contributed by atoms with van der Waals surface area (Å²) in [5.41, 5.74) is 13.6. The van der Waals surface area contributed by atoms with Gasteiger partial charge in [-0.25, -0.2) is 9.37 Å². The maximum atomic E-state index is 13.7. The maximum absolute atomic E-state index is 13.7. The lowest BCUT2D eigenvalue weighted by molar-refractivity contribution is 0.618. The number of hydrogen-bond acceptors (Lipinski definition) is 5. The minimum Gasteiger partial charge on any atom is -0.382 e. The lowest BCUT2D eigenvalue weighted by Crippen LogP contribution is -2.06. The van der Waals surface area contributed by atoms with Crippen molar-refractivity contribution in [2.45, 2.75) is 13.8 Å². The fourth-order valence-corrected chi connectivity index (χ4v) is 2.37. The van der Waals surface area contributed by atoms with Gasteiger partial charge in [0.25, 0.3) is 0 Å². The number of nitrogens with zero attached hydrogens (tertiary/aromatic N) is 3. The summed E-state index contributed by atoms with van der Waals surface area (Å²) in [6, 6.07) is 3.33. The van der Waals surface area contributed by atoms with Gasteiger partial charge in [-0.3, -0.25) is 0 Å². The van der Waals surface area contributed by atoms with Gasteiger partial charge in [-0.2, -0.15) is 10.2 Å². The van der Waals surface area contributed by atoms with Gasteiger partial charge in [0, 0.05) is 5.56 Å². The molecule has 1 aromatic heterocycles. The first-order valence-electron chi connectivity index (χ1n) is 5.65. The van der Waals surface area contributed by atoms with Gasteiger partial charge in [-0.05, 0) is 47.0 Å². The Hall–Kier alpha value is -2.20. The van der Waals surface area contributed by atoms with E-state index in [1.165, 1.54) is 6.07 Å². The van der Waals surface area contributed by atoms with Crippen LogP contribution in [0.15, 0.2) is 10.5 Å². The van der Waals surface area contributed by atoms with Crippen LogP contribution in [-0.4, -0.2) is 9.97 Å². The molecule has 0 spiro atoms. The molecule has 5 nitrogen and oxygen atoms in total. The molecule has 0 bridgehead atoms. The van der Waals surface area contributed by atoms with Gasteiger partial charge in [0.05, 0.1) is 10.2 Å². The van der Waals surface area contributed by atoms with E-state index in [2.05, 4.69) is 25.9 Å². The second kappa shape index (κ2) is 5.06. The third-order valence-electron chi connectivity index (χ3n) is 2.95. The highest BCUT2D eigenvalue weighted by Crippen LogP contribution is 2.35. The van der Waals surface area contributed by atoms with Crippen LogP contribution in [0.4, 0.5) is 16.2 Å². The fourth-order valence-electron chi connectivity index (χ4n) is 2.06. The number of benzene rings is 1. The highest BCUT2D eigenvalue weighted by atomic mass is 79.9. The van der Waals surface area contributed by atoms with Crippen molar-refractivity contribution < 1.29 is 4.39 Å². The SMILES string of the molecule is Cc1cc(F)c(Br)c(C)c1-c1nc(N)nc(N)c1C#N. The van der Waals surface area contributed by atoms with E-state index < -0.39 is 0 Å². The number of anilines is 2. The molecule has 0 atom stereocenters. The van der Waals surface area contributed by atoms with Crippen LogP contribution in [0.25, 0.3) is 11.3 Å². The topological polar surface area (TPSA) is 102 Å². The molecule has 1 heterocycles. The third kappa shape index (κ3) is 2.18. The summed E-state index contributed by atoms with van der Waals surface area (Å²) in [4.78, 5) is 7.85. The summed E-state index contributed by atoms with van der Waals surface area (Å²) in [7, 11) is 0. The minimum absolute atomic E-state index is 0.00856. The molecule has 0 fully saturated rings. The molecule has 7 heteroatoms.